The van der Waals surface area contributed by atoms with Crippen LogP contribution in [0.15, 0.2) is 30.3 Å². The highest BCUT2D eigenvalue weighted by Crippen LogP contribution is 2.26. The van der Waals surface area contributed by atoms with Crippen molar-refractivity contribution in [2.45, 2.75) is 51.5 Å². The number of nitrogens with zero attached hydrogens (tertiary/aromatic N) is 2. The molecule has 2 aromatic rings. The molecule has 3 rings (SSSR count). The molecule has 1 aromatic heterocycles. The zero-order valence-electron chi connectivity index (χ0n) is 15.3. The zero-order chi connectivity index (χ0) is 18.5. The maximum atomic E-state index is 12.8. The fourth-order valence-electron chi connectivity index (χ4n) is 3.42. The molecule has 1 amide bonds. The third-order valence-corrected chi connectivity index (χ3v) is 4.72. The van der Waals surface area contributed by atoms with Gasteiger partial charge in [0, 0.05) is 17.3 Å². The van der Waals surface area contributed by atoms with Crippen LogP contribution in [0.3, 0.4) is 0 Å². The summed E-state index contributed by atoms with van der Waals surface area (Å²) in [5.41, 5.74) is 3.60. The van der Waals surface area contributed by atoms with Crippen LogP contribution in [0, 0.1) is 0 Å². The number of para-hydroxylation sites is 1. The molecule has 0 saturated heterocycles. The molecule has 0 saturated carbocycles. The van der Waals surface area contributed by atoms with Crippen LogP contribution in [0.1, 0.15) is 54.4 Å². The van der Waals surface area contributed by atoms with E-state index in [1.807, 2.05) is 35.0 Å². The highest BCUT2D eigenvalue weighted by atomic mass is 16.5. The number of carbonyl (C=O) groups is 2. The maximum absolute atomic E-state index is 12.8. The number of aromatic nitrogens is 2. The molecule has 1 unspecified atom stereocenters. The van der Waals surface area contributed by atoms with Gasteiger partial charge in [0.15, 0.2) is 5.69 Å². The first kappa shape index (κ1) is 18.2. The van der Waals surface area contributed by atoms with E-state index < -0.39 is 0 Å². The van der Waals surface area contributed by atoms with Crippen LogP contribution in [-0.2, 0) is 22.4 Å². The second kappa shape index (κ2) is 8.17. The van der Waals surface area contributed by atoms with Crippen LogP contribution < -0.4 is 5.32 Å². The Labute approximate surface area is 153 Å². The molecule has 26 heavy (non-hydrogen) atoms. The summed E-state index contributed by atoms with van der Waals surface area (Å²) in [5.74, 6) is -0.569. The average Bonchev–Trinajstić information content (AvgIpc) is 2.83. The molecule has 1 aliphatic carbocycles. The maximum Gasteiger partial charge on any atom is 0.307 e. The number of nitrogens with one attached hydrogen (secondary N) is 1. The normalized spacial score (nSPS) is 14.8. The lowest BCUT2D eigenvalue weighted by atomic mass is 10.1. The van der Waals surface area contributed by atoms with Crippen molar-refractivity contribution >= 4 is 11.9 Å². The molecule has 138 valence electrons. The summed E-state index contributed by atoms with van der Waals surface area (Å²) in [6, 6.07) is 9.60. The zero-order valence-corrected chi connectivity index (χ0v) is 15.3. The summed E-state index contributed by atoms with van der Waals surface area (Å²) >= 11 is 0. The Kier molecular flexibility index (Phi) is 5.71. The monoisotopic (exact) mass is 355 g/mol. The van der Waals surface area contributed by atoms with Gasteiger partial charge in [-0.15, -0.1) is 0 Å². The summed E-state index contributed by atoms with van der Waals surface area (Å²) in [4.78, 5) is 24.2. The molecule has 0 spiro atoms. The van der Waals surface area contributed by atoms with Gasteiger partial charge in [0.25, 0.3) is 5.91 Å². The first-order chi connectivity index (χ1) is 12.6. The number of esters is 1. The third-order valence-electron chi connectivity index (χ3n) is 4.72. The van der Waals surface area contributed by atoms with Crippen LogP contribution in [-0.4, -0.2) is 34.8 Å². The van der Waals surface area contributed by atoms with Crippen LogP contribution in [0.25, 0.3) is 5.69 Å². The molecule has 0 bridgehead atoms. The lowest BCUT2D eigenvalue weighted by molar-refractivity contribution is -0.141. The van der Waals surface area contributed by atoms with Gasteiger partial charge in [0.05, 0.1) is 19.2 Å². The van der Waals surface area contributed by atoms with Crippen LogP contribution in [0.5, 0.6) is 0 Å². The number of hydrogen-bond donors (Lipinski definition) is 1. The number of ether oxygens (including phenoxy) is 1. The Balaban J connectivity index is 1.90. The number of fused-ring (bicyclic) bond motifs is 1. The second-order valence-electron chi connectivity index (χ2n) is 6.74. The number of benzene rings is 1. The van der Waals surface area contributed by atoms with E-state index >= 15 is 0 Å². The Hall–Kier alpha value is -2.63. The van der Waals surface area contributed by atoms with E-state index in [4.69, 9.17) is 0 Å². The molecule has 1 atom stereocenters. The van der Waals surface area contributed by atoms with Gasteiger partial charge in [-0.2, -0.15) is 5.10 Å². The first-order valence-electron chi connectivity index (χ1n) is 9.14. The van der Waals surface area contributed by atoms with E-state index in [0.717, 1.165) is 49.0 Å². The lowest BCUT2D eigenvalue weighted by Gasteiger charge is -2.12. The molecule has 1 N–H and O–H groups in total. The highest BCUT2D eigenvalue weighted by Gasteiger charge is 2.25. The average molecular weight is 355 g/mol. The Morgan fingerprint density at radius 2 is 1.92 bits per heavy atom. The molecule has 1 aliphatic rings. The smallest absolute Gasteiger partial charge is 0.307 e. The fourth-order valence-corrected chi connectivity index (χ4v) is 3.42. The van der Waals surface area contributed by atoms with Crippen molar-refractivity contribution in [2.24, 2.45) is 0 Å². The van der Waals surface area contributed by atoms with Crippen molar-refractivity contribution in [3.8, 4) is 5.69 Å². The predicted octanol–water partition coefficient (Wildman–Crippen LogP) is 2.82. The van der Waals surface area contributed by atoms with Crippen LogP contribution in [0.2, 0.25) is 0 Å². The quantitative estimate of drug-likeness (QED) is 0.661. The summed E-state index contributed by atoms with van der Waals surface area (Å²) in [7, 11) is 1.35. The number of hydrogen-bond acceptors (Lipinski definition) is 4. The molecule has 6 heteroatoms. The summed E-state index contributed by atoms with van der Waals surface area (Å²) < 4.78 is 6.57. The molecule has 1 heterocycles. The van der Waals surface area contributed by atoms with Gasteiger partial charge in [-0.1, -0.05) is 24.6 Å². The molecule has 1 aromatic carbocycles. The topological polar surface area (TPSA) is 73.2 Å². The summed E-state index contributed by atoms with van der Waals surface area (Å²) in [6.07, 6.45) is 5.24. The van der Waals surface area contributed by atoms with Crippen LogP contribution >= 0.6 is 0 Å². The van der Waals surface area contributed by atoms with Crippen molar-refractivity contribution in [2.75, 3.05) is 7.11 Å². The number of carbonyl (C=O) groups excluding carboxylic acids is 2. The van der Waals surface area contributed by atoms with Gasteiger partial charge in [-0.05, 0) is 44.7 Å². The minimum Gasteiger partial charge on any atom is -0.469 e. The SMILES string of the molecule is COC(=O)CC(C)NC(=O)c1nn(-c2ccccc2)c2c1CCCCC2. The second-order valence-corrected chi connectivity index (χ2v) is 6.74. The molecular formula is C20H25N3O3. The van der Waals surface area contributed by atoms with E-state index in [0.29, 0.717) is 5.69 Å². The largest absolute Gasteiger partial charge is 0.469 e. The molecule has 0 radical (unpaired) electrons. The van der Waals surface area contributed by atoms with Gasteiger partial charge in [0.1, 0.15) is 0 Å². The van der Waals surface area contributed by atoms with E-state index in [1.165, 1.54) is 7.11 Å². The Morgan fingerprint density at radius 1 is 1.19 bits per heavy atom. The predicted molar refractivity (Wildman–Crippen MR) is 98.4 cm³/mol. The summed E-state index contributed by atoms with van der Waals surface area (Å²) in [5, 5.41) is 7.53. The van der Waals surface area contributed by atoms with E-state index in [2.05, 4.69) is 15.2 Å². The Morgan fingerprint density at radius 3 is 2.65 bits per heavy atom. The van der Waals surface area contributed by atoms with Gasteiger partial charge >= 0.3 is 5.97 Å². The summed E-state index contributed by atoms with van der Waals surface area (Å²) in [6.45, 7) is 1.79. The van der Waals surface area contributed by atoms with Gasteiger partial charge in [0.2, 0.25) is 0 Å². The minimum absolute atomic E-state index is 0.143. The number of rotatable bonds is 5. The van der Waals surface area contributed by atoms with Crippen molar-refractivity contribution in [3.05, 3.63) is 47.3 Å². The minimum atomic E-state index is -0.341. The van der Waals surface area contributed by atoms with Crippen molar-refractivity contribution in [1.82, 2.24) is 15.1 Å². The molecule has 0 fully saturated rings. The number of amides is 1. The van der Waals surface area contributed by atoms with E-state index in [-0.39, 0.29) is 24.3 Å². The third kappa shape index (κ3) is 3.95. The first-order valence-corrected chi connectivity index (χ1v) is 9.14. The van der Waals surface area contributed by atoms with Crippen molar-refractivity contribution < 1.29 is 14.3 Å². The lowest BCUT2D eigenvalue weighted by Crippen LogP contribution is -2.35. The van der Waals surface area contributed by atoms with Gasteiger partial charge in [-0.25, -0.2) is 4.68 Å². The number of methoxy groups -OCH3 is 1. The molecule has 0 aliphatic heterocycles. The Bertz CT molecular complexity index is 783. The molecular weight excluding hydrogens is 330 g/mol. The van der Waals surface area contributed by atoms with Crippen LogP contribution in [0.4, 0.5) is 0 Å². The van der Waals surface area contributed by atoms with Gasteiger partial charge < -0.3 is 10.1 Å². The van der Waals surface area contributed by atoms with E-state index in [9.17, 15) is 9.59 Å². The van der Waals surface area contributed by atoms with Crippen molar-refractivity contribution in [3.63, 3.8) is 0 Å². The van der Waals surface area contributed by atoms with E-state index in [1.54, 1.807) is 6.92 Å². The van der Waals surface area contributed by atoms with Crippen molar-refractivity contribution in [1.29, 1.82) is 0 Å². The fraction of sp³-hybridized carbons (Fsp3) is 0.450. The highest BCUT2D eigenvalue weighted by molar-refractivity contribution is 5.94. The standard InChI is InChI=1S/C20H25N3O3/c1-14(13-18(24)26-2)21-20(25)19-16-11-7-4-8-12-17(16)23(22-19)15-9-5-3-6-10-15/h3,5-6,9-10,14H,4,7-8,11-13H2,1-2H3,(H,21,25). The van der Waals surface area contributed by atoms with Gasteiger partial charge in [-0.3, -0.25) is 9.59 Å². The molecule has 6 nitrogen and oxygen atoms in total.